The van der Waals surface area contributed by atoms with Crippen LogP contribution in [0.3, 0.4) is 0 Å². The van der Waals surface area contributed by atoms with Gasteiger partial charge in [0.05, 0.1) is 11.8 Å². The smallest absolute Gasteiger partial charge is 0.155 e. The van der Waals surface area contributed by atoms with Gasteiger partial charge in [0.25, 0.3) is 0 Å². The minimum atomic E-state index is 0.162. The van der Waals surface area contributed by atoms with Crippen LogP contribution in [-0.2, 0) is 6.42 Å². The third kappa shape index (κ3) is 5.44. The predicted octanol–water partition coefficient (Wildman–Crippen LogP) is 9.16. The second-order valence-electron chi connectivity index (χ2n) is 11.6. The number of rotatable bonds is 6. The molecule has 1 unspecified atom stereocenters. The van der Waals surface area contributed by atoms with E-state index in [2.05, 4.69) is 127 Å². The molecule has 0 aromatic heterocycles. The molecule has 7 rings (SSSR count). The first kappa shape index (κ1) is 28.4. The molecule has 5 aromatic carbocycles. The van der Waals surface area contributed by atoms with Crippen LogP contribution in [0, 0.1) is 0 Å². The number of hydrogen-bond acceptors (Lipinski definition) is 3. The Kier molecular flexibility index (Phi) is 7.79. The number of nitrogens with zero attached hydrogens (tertiary/aromatic N) is 3. The number of amidine groups is 1. The topological polar surface area (TPSA) is 63.1 Å². The lowest BCUT2D eigenvalue weighted by atomic mass is 9.87. The Morgan fingerprint density at radius 2 is 1.60 bits per heavy atom. The van der Waals surface area contributed by atoms with Gasteiger partial charge in [-0.3, -0.25) is 9.98 Å². The zero-order chi connectivity index (χ0) is 30.8. The molecule has 1 heterocycles. The van der Waals surface area contributed by atoms with Gasteiger partial charge in [0.15, 0.2) is 5.84 Å². The highest BCUT2D eigenvalue weighted by Crippen LogP contribution is 2.33. The highest BCUT2D eigenvalue weighted by atomic mass is 14.9. The molecule has 1 atom stereocenters. The van der Waals surface area contributed by atoms with Gasteiger partial charge >= 0.3 is 0 Å². The maximum atomic E-state index is 6.08. The van der Waals surface area contributed by atoms with E-state index in [0.717, 1.165) is 46.2 Å². The van der Waals surface area contributed by atoms with Crippen LogP contribution in [0.4, 0.5) is 0 Å². The van der Waals surface area contributed by atoms with Crippen LogP contribution >= 0.6 is 0 Å². The van der Waals surface area contributed by atoms with Crippen molar-refractivity contribution in [1.29, 1.82) is 0 Å². The maximum Gasteiger partial charge on any atom is 0.155 e. The van der Waals surface area contributed by atoms with Gasteiger partial charge in [-0.2, -0.15) is 0 Å². The fraction of sp³-hybridized carbons (Fsp3) is 0.146. The number of aryl methyl sites for hydroxylation is 1. The summed E-state index contributed by atoms with van der Waals surface area (Å²) in [6.07, 6.45) is 17.2. The van der Waals surface area contributed by atoms with E-state index in [0.29, 0.717) is 12.3 Å². The van der Waals surface area contributed by atoms with Gasteiger partial charge in [-0.25, -0.2) is 4.99 Å². The Bertz CT molecular complexity index is 2170. The molecule has 1 aliphatic carbocycles. The van der Waals surface area contributed by atoms with Crippen molar-refractivity contribution in [1.82, 2.24) is 0 Å². The molecule has 0 amide bonds. The molecule has 5 aromatic rings. The van der Waals surface area contributed by atoms with E-state index in [-0.39, 0.29) is 6.04 Å². The molecule has 4 nitrogen and oxygen atoms in total. The molecule has 0 radical (unpaired) electrons. The summed E-state index contributed by atoms with van der Waals surface area (Å²) in [7, 11) is 1.84. The number of fused-ring (bicyclic) bond motifs is 6. The standard InChI is InChI=1S/C41H36N4/c1-27-22-31(26-44-27)30(25-42)14-11-21-40(38-23-28-12-3-5-15-32(28)34-17-7-9-19-36(34)38)45-41(43-2)39-24-29-13-4-6-16-33(29)35-18-8-10-20-37(35)39/h3-4,6-14,16-20,22-27H,5,15,21,42H2,1-2H3/b14-11-,30-25+,43-41-,45-40+. The monoisotopic (exact) mass is 584 g/mol. The summed E-state index contributed by atoms with van der Waals surface area (Å²) in [5.41, 5.74) is 13.9. The van der Waals surface area contributed by atoms with Gasteiger partial charge in [-0.1, -0.05) is 103 Å². The average Bonchev–Trinajstić information content (AvgIpc) is 3.53. The van der Waals surface area contributed by atoms with Crippen molar-refractivity contribution in [3.63, 3.8) is 0 Å². The number of aliphatic imine (C=N–C) groups is 3. The molecule has 0 bridgehead atoms. The predicted molar refractivity (Wildman–Crippen MR) is 194 cm³/mol. The van der Waals surface area contributed by atoms with E-state index in [4.69, 9.17) is 15.7 Å². The highest BCUT2D eigenvalue weighted by molar-refractivity contribution is 6.23. The van der Waals surface area contributed by atoms with E-state index in [1.165, 1.54) is 38.1 Å². The average molecular weight is 585 g/mol. The summed E-state index contributed by atoms with van der Waals surface area (Å²) in [5, 5.41) is 7.25. The van der Waals surface area contributed by atoms with Gasteiger partial charge in [0.1, 0.15) is 0 Å². The fourth-order valence-electron chi connectivity index (χ4n) is 6.64. The normalized spacial score (nSPS) is 17.2. The van der Waals surface area contributed by atoms with Gasteiger partial charge in [0, 0.05) is 37.0 Å². The molecule has 45 heavy (non-hydrogen) atoms. The summed E-state index contributed by atoms with van der Waals surface area (Å²) in [4.78, 5) is 14.7. The fourth-order valence-corrected chi connectivity index (χ4v) is 6.64. The summed E-state index contributed by atoms with van der Waals surface area (Å²) >= 11 is 0. The first-order chi connectivity index (χ1) is 22.1. The Balaban J connectivity index is 1.41. The molecule has 1 aliphatic heterocycles. The third-order valence-electron chi connectivity index (χ3n) is 8.81. The lowest BCUT2D eigenvalue weighted by Crippen LogP contribution is -2.10. The van der Waals surface area contributed by atoms with Crippen LogP contribution in [0.2, 0.25) is 0 Å². The quantitative estimate of drug-likeness (QED) is 0.0920. The zero-order valence-electron chi connectivity index (χ0n) is 25.7. The Morgan fingerprint density at radius 1 is 0.889 bits per heavy atom. The van der Waals surface area contributed by atoms with Crippen molar-refractivity contribution in [3.05, 3.63) is 149 Å². The number of hydrogen-bond donors (Lipinski definition) is 1. The van der Waals surface area contributed by atoms with E-state index >= 15 is 0 Å². The van der Waals surface area contributed by atoms with Crippen molar-refractivity contribution in [2.24, 2.45) is 20.7 Å². The van der Waals surface area contributed by atoms with E-state index in [1.54, 1.807) is 6.20 Å². The molecule has 2 N–H and O–H groups in total. The Labute approximate surface area is 264 Å². The molecule has 0 saturated heterocycles. The molecule has 4 heteroatoms. The van der Waals surface area contributed by atoms with Crippen molar-refractivity contribution in [2.45, 2.75) is 32.2 Å². The van der Waals surface area contributed by atoms with Crippen LogP contribution in [0.1, 0.15) is 42.0 Å². The van der Waals surface area contributed by atoms with Crippen molar-refractivity contribution >= 4 is 56.2 Å². The third-order valence-corrected chi connectivity index (χ3v) is 8.81. The molecular formula is C41H36N4. The summed E-state index contributed by atoms with van der Waals surface area (Å²) in [6, 6.07) is 30.5. The zero-order valence-corrected chi connectivity index (χ0v) is 25.7. The van der Waals surface area contributed by atoms with Gasteiger partial charge < -0.3 is 5.73 Å². The number of allylic oxidation sites excluding steroid dienone is 5. The maximum absolute atomic E-state index is 6.08. The molecule has 220 valence electrons. The van der Waals surface area contributed by atoms with E-state index < -0.39 is 0 Å². The van der Waals surface area contributed by atoms with Crippen molar-refractivity contribution < 1.29 is 0 Å². The molecule has 0 fully saturated rings. The second-order valence-corrected chi connectivity index (χ2v) is 11.6. The van der Waals surface area contributed by atoms with Gasteiger partial charge in [-0.05, 0) is 86.5 Å². The van der Waals surface area contributed by atoms with Crippen LogP contribution < -0.4 is 5.73 Å². The second kappa shape index (κ2) is 12.3. The lowest BCUT2D eigenvalue weighted by Gasteiger charge is -2.18. The number of nitrogens with two attached hydrogens (primary N) is 1. The minimum absolute atomic E-state index is 0.162. The molecular weight excluding hydrogens is 548 g/mol. The van der Waals surface area contributed by atoms with Gasteiger partial charge in [-0.15, -0.1) is 0 Å². The van der Waals surface area contributed by atoms with Crippen LogP contribution in [-0.4, -0.2) is 30.9 Å². The molecule has 2 aliphatic rings. The van der Waals surface area contributed by atoms with E-state index in [1.807, 2.05) is 13.3 Å². The summed E-state index contributed by atoms with van der Waals surface area (Å²) in [6.45, 7) is 2.07. The van der Waals surface area contributed by atoms with Crippen LogP contribution in [0.25, 0.3) is 38.4 Å². The highest BCUT2D eigenvalue weighted by Gasteiger charge is 2.18. The molecule has 0 saturated carbocycles. The SMILES string of the molecule is C/N=C(\N=C(/C/C=C\C(=C/N)C1=CC(C)N=C1)c1cc2c(c3ccccc13)CCC=C2)c1cc2ccccc2c2ccccc12. The first-order valence-electron chi connectivity index (χ1n) is 15.6. The summed E-state index contributed by atoms with van der Waals surface area (Å²) in [5.74, 6) is 0.715. The Morgan fingerprint density at radius 3 is 2.33 bits per heavy atom. The minimum Gasteiger partial charge on any atom is -0.404 e. The Hall–Kier alpha value is -5.35. The van der Waals surface area contributed by atoms with E-state index in [9.17, 15) is 0 Å². The number of benzene rings is 5. The largest absolute Gasteiger partial charge is 0.404 e. The summed E-state index contributed by atoms with van der Waals surface area (Å²) < 4.78 is 0. The molecule has 0 spiro atoms. The lowest BCUT2D eigenvalue weighted by molar-refractivity contribution is 0.949. The van der Waals surface area contributed by atoms with Crippen LogP contribution in [0.15, 0.2) is 142 Å². The first-order valence-corrected chi connectivity index (χ1v) is 15.6. The van der Waals surface area contributed by atoms with Crippen molar-refractivity contribution in [2.75, 3.05) is 7.05 Å². The van der Waals surface area contributed by atoms with Crippen LogP contribution in [0.5, 0.6) is 0 Å². The van der Waals surface area contributed by atoms with Crippen molar-refractivity contribution in [3.8, 4) is 0 Å². The van der Waals surface area contributed by atoms with Gasteiger partial charge in [0.2, 0.25) is 0 Å².